The van der Waals surface area contributed by atoms with Gasteiger partial charge in [0.05, 0.1) is 6.54 Å². The molecular formula is C13H21F3N2. The summed E-state index contributed by atoms with van der Waals surface area (Å²) in [5.41, 5.74) is 5.45. The lowest BCUT2D eigenvalue weighted by atomic mass is 9.48. The van der Waals surface area contributed by atoms with Crippen LogP contribution in [0.1, 0.15) is 32.1 Å². The molecule has 4 aliphatic carbocycles. The van der Waals surface area contributed by atoms with Crippen molar-refractivity contribution < 1.29 is 13.2 Å². The summed E-state index contributed by atoms with van der Waals surface area (Å²) < 4.78 is 37.4. The Morgan fingerprint density at radius 3 is 1.89 bits per heavy atom. The molecule has 4 bridgehead atoms. The van der Waals surface area contributed by atoms with E-state index in [0.29, 0.717) is 18.4 Å². The lowest BCUT2D eigenvalue weighted by molar-refractivity contribution is -0.143. The summed E-state index contributed by atoms with van der Waals surface area (Å²) in [4.78, 5) is 0. The van der Waals surface area contributed by atoms with Crippen LogP contribution in [0.25, 0.3) is 0 Å². The van der Waals surface area contributed by atoms with E-state index in [1.807, 2.05) is 0 Å². The van der Waals surface area contributed by atoms with Crippen LogP contribution in [0, 0.1) is 23.7 Å². The third-order valence-corrected chi connectivity index (χ3v) is 5.55. The smallest absolute Gasteiger partial charge is 0.329 e. The monoisotopic (exact) mass is 262 g/mol. The third kappa shape index (κ3) is 1.95. The van der Waals surface area contributed by atoms with Crippen LogP contribution in [0.4, 0.5) is 13.2 Å². The molecule has 104 valence electrons. The summed E-state index contributed by atoms with van der Waals surface area (Å²) in [5, 5.41) is 2.82. The van der Waals surface area contributed by atoms with Crippen LogP contribution >= 0.6 is 0 Å². The third-order valence-electron chi connectivity index (χ3n) is 5.55. The molecule has 4 saturated carbocycles. The molecule has 0 aliphatic heterocycles. The van der Waals surface area contributed by atoms with Crippen molar-refractivity contribution in [3.8, 4) is 0 Å². The molecule has 4 aliphatic rings. The highest BCUT2D eigenvalue weighted by atomic mass is 19.4. The summed E-state index contributed by atoms with van der Waals surface area (Å²) in [6.45, 7) is -0.551. The number of rotatable bonds is 3. The highest BCUT2D eigenvalue weighted by molar-refractivity contribution is 5.11. The maximum absolute atomic E-state index is 12.5. The SMILES string of the molecule is NCC1(NCC(F)(F)F)C2CC3CC(C2)CC1C3. The van der Waals surface area contributed by atoms with Crippen LogP contribution in [0.15, 0.2) is 0 Å². The number of alkyl halides is 3. The second kappa shape index (κ2) is 4.10. The van der Waals surface area contributed by atoms with Gasteiger partial charge in [-0.25, -0.2) is 0 Å². The van der Waals surface area contributed by atoms with Crippen molar-refractivity contribution >= 4 is 0 Å². The van der Waals surface area contributed by atoms with Gasteiger partial charge in [0, 0.05) is 12.1 Å². The standard InChI is InChI=1S/C13H21F3N2/c14-13(15,16)7-18-12(6-17)10-2-8-1-9(4-10)5-11(12)3-8/h8-11,18H,1-7,17H2. The van der Waals surface area contributed by atoms with Gasteiger partial charge in [0.25, 0.3) is 0 Å². The summed E-state index contributed by atoms with van der Waals surface area (Å²) in [6.07, 6.45) is 1.47. The number of nitrogens with two attached hydrogens (primary N) is 1. The van der Waals surface area contributed by atoms with Gasteiger partial charge in [-0.3, -0.25) is 0 Å². The van der Waals surface area contributed by atoms with Crippen LogP contribution < -0.4 is 11.1 Å². The first-order valence-electron chi connectivity index (χ1n) is 6.95. The highest BCUT2D eigenvalue weighted by Crippen LogP contribution is 2.58. The molecule has 5 heteroatoms. The predicted molar refractivity (Wildman–Crippen MR) is 62.9 cm³/mol. The number of nitrogens with one attached hydrogen (secondary N) is 1. The Balaban J connectivity index is 1.78. The fourth-order valence-corrected chi connectivity index (χ4v) is 4.98. The second-order valence-electron chi connectivity index (χ2n) is 6.52. The highest BCUT2D eigenvalue weighted by Gasteiger charge is 2.56. The number of hydrogen-bond acceptors (Lipinski definition) is 2. The Kier molecular flexibility index (Phi) is 2.90. The lowest BCUT2D eigenvalue weighted by Gasteiger charge is -2.61. The van der Waals surface area contributed by atoms with Crippen molar-refractivity contribution in [3.05, 3.63) is 0 Å². The van der Waals surface area contributed by atoms with Crippen LogP contribution in [0.2, 0.25) is 0 Å². The van der Waals surface area contributed by atoms with Crippen molar-refractivity contribution in [1.82, 2.24) is 5.32 Å². The average molecular weight is 262 g/mol. The van der Waals surface area contributed by atoms with E-state index in [2.05, 4.69) is 5.32 Å². The minimum absolute atomic E-state index is 0.345. The Morgan fingerprint density at radius 1 is 1.00 bits per heavy atom. The fourth-order valence-electron chi connectivity index (χ4n) is 4.98. The maximum Gasteiger partial charge on any atom is 0.401 e. The molecule has 0 heterocycles. The molecule has 0 aromatic rings. The Hall–Kier alpha value is -0.290. The van der Waals surface area contributed by atoms with Gasteiger partial charge in [-0.2, -0.15) is 13.2 Å². The largest absolute Gasteiger partial charge is 0.401 e. The quantitative estimate of drug-likeness (QED) is 0.819. The zero-order valence-electron chi connectivity index (χ0n) is 10.5. The molecule has 2 nitrogen and oxygen atoms in total. The van der Waals surface area contributed by atoms with Crippen LogP contribution in [-0.2, 0) is 0 Å². The van der Waals surface area contributed by atoms with Crippen LogP contribution in [0.3, 0.4) is 0 Å². The summed E-state index contributed by atoms with van der Waals surface area (Å²) >= 11 is 0. The van der Waals surface area contributed by atoms with Crippen LogP contribution in [-0.4, -0.2) is 24.8 Å². The van der Waals surface area contributed by atoms with E-state index in [-0.39, 0.29) is 0 Å². The minimum atomic E-state index is -4.14. The van der Waals surface area contributed by atoms with E-state index in [0.717, 1.165) is 37.5 Å². The molecule has 0 aromatic carbocycles. The molecule has 0 saturated heterocycles. The summed E-state index contributed by atoms with van der Waals surface area (Å²) in [6, 6.07) is 0. The molecule has 3 N–H and O–H groups in total. The average Bonchev–Trinajstić information content (AvgIpc) is 2.27. The molecule has 4 fully saturated rings. The first-order valence-corrected chi connectivity index (χ1v) is 6.95. The zero-order chi connectivity index (χ0) is 13.0. The van der Waals surface area contributed by atoms with E-state index < -0.39 is 18.3 Å². The summed E-state index contributed by atoms with van der Waals surface area (Å²) in [7, 11) is 0. The molecule has 4 rings (SSSR count). The van der Waals surface area contributed by atoms with E-state index in [4.69, 9.17) is 5.73 Å². The maximum atomic E-state index is 12.5. The molecule has 0 amide bonds. The van der Waals surface area contributed by atoms with Gasteiger partial charge in [0.15, 0.2) is 0 Å². The van der Waals surface area contributed by atoms with E-state index >= 15 is 0 Å². The van der Waals surface area contributed by atoms with E-state index in [1.54, 1.807) is 0 Å². The van der Waals surface area contributed by atoms with Crippen molar-refractivity contribution in [2.75, 3.05) is 13.1 Å². The lowest BCUT2D eigenvalue weighted by Crippen LogP contribution is -2.69. The van der Waals surface area contributed by atoms with Crippen molar-refractivity contribution in [1.29, 1.82) is 0 Å². The molecule has 0 atom stereocenters. The van der Waals surface area contributed by atoms with Crippen LogP contribution in [0.5, 0.6) is 0 Å². The van der Waals surface area contributed by atoms with E-state index in [9.17, 15) is 13.2 Å². The Labute approximate surface area is 105 Å². The molecule has 0 radical (unpaired) electrons. The fraction of sp³-hybridized carbons (Fsp3) is 1.00. The Morgan fingerprint density at radius 2 is 1.50 bits per heavy atom. The second-order valence-corrected chi connectivity index (χ2v) is 6.52. The molecular weight excluding hydrogens is 241 g/mol. The first-order chi connectivity index (χ1) is 8.43. The molecule has 0 aromatic heterocycles. The van der Waals surface area contributed by atoms with Gasteiger partial charge in [-0.15, -0.1) is 0 Å². The number of hydrogen-bond donors (Lipinski definition) is 2. The predicted octanol–water partition coefficient (Wildman–Crippen LogP) is 2.29. The van der Waals surface area contributed by atoms with Crippen molar-refractivity contribution in [2.24, 2.45) is 29.4 Å². The number of halogens is 3. The van der Waals surface area contributed by atoms with Gasteiger partial charge in [-0.1, -0.05) is 0 Å². The van der Waals surface area contributed by atoms with Gasteiger partial charge >= 0.3 is 6.18 Å². The molecule has 0 unspecified atom stereocenters. The zero-order valence-corrected chi connectivity index (χ0v) is 10.5. The Bertz CT molecular complexity index is 299. The summed E-state index contributed by atoms with van der Waals surface area (Å²) in [5.74, 6) is 2.22. The topological polar surface area (TPSA) is 38.0 Å². The molecule has 0 spiro atoms. The van der Waals surface area contributed by atoms with Gasteiger partial charge < -0.3 is 11.1 Å². The van der Waals surface area contributed by atoms with Crippen molar-refractivity contribution in [3.63, 3.8) is 0 Å². The molecule has 18 heavy (non-hydrogen) atoms. The van der Waals surface area contributed by atoms with Gasteiger partial charge in [0.2, 0.25) is 0 Å². The van der Waals surface area contributed by atoms with Gasteiger partial charge in [0.1, 0.15) is 0 Å². The van der Waals surface area contributed by atoms with Gasteiger partial charge in [-0.05, 0) is 55.8 Å². The first kappa shape index (κ1) is 12.7. The van der Waals surface area contributed by atoms with E-state index in [1.165, 1.54) is 6.42 Å². The minimum Gasteiger partial charge on any atom is -0.329 e. The van der Waals surface area contributed by atoms with Crippen molar-refractivity contribution in [2.45, 2.75) is 43.8 Å². The normalized spacial score (nSPS) is 46.7.